The van der Waals surface area contributed by atoms with E-state index in [0.29, 0.717) is 0 Å². The van der Waals surface area contributed by atoms with Crippen molar-refractivity contribution in [3.8, 4) is 0 Å². The van der Waals surface area contributed by atoms with Crippen LogP contribution in [0.1, 0.15) is 92.3 Å². The zero-order valence-corrected chi connectivity index (χ0v) is 18.5. The Bertz CT molecular complexity index is 258. The Morgan fingerprint density at radius 2 is 0.636 bits per heavy atom. The summed E-state index contributed by atoms with van der Waals surface area (Å²) in [4.78, 5) is 0. The maximum absolute atomic E-state index is 2.46. The number of hydrogen-bond donors (Lipinski definition) is 0. The second kappa shape index (κ2) is 10.5. The predicted octanol–water partition coefficient (Wildman–Crippen LogP) is 3.71. The minimum absolute atomic E-state index is 0. The Hall–Kier alpha value is 1.57. The van der Waals surface area contributed by atoms with Crippen LogP contribution in [0.15, 0.2) is 0 Å². The molecule has 3 saturated carbocycles. The Labute approximate surface area is 182 Å². The van der Waals surface area contributed by atoms with Gasteiger partial charge in [-0.05, 0) is 86.9 Å². The average molecular weight is 337 g/mol. The van der Waals surface area contributed by atoms with Gasteiger partial charge in [-0.2, -0.15) is 0 Å². The fourth-order valence-corrected chi connectivity index (χ4v) is 5.60. The van der Waals surface area contributed by atoms with Crippen LogP contribution in [0.5, 0.6) is 0 Å². The van der Waals surface area contributed by atoms with Crippen molar-refractivity contribution < 1.29 is 57.5 Å². The molecule has 2 heteroatoms. The van der Waals surface area contributed by atoms with E-state index in [1.807, 2.05) is 0 Å². The summed E-state index contributed by atoms with van der Waals surface area (Å²) in [7, 11) is 0. The molecule has 22 heavy (non-hydrogen) atoms. The minimum atomic E-state index is 0. The second-order valence-corrected chi connectivity index (χ2v) is 8.71. The van der Waals surface area contributed by atoms with Crippen molar-refractivity contribution in [2.45, 2.75) is 90.9 Å². The maximum atomic E-state index is 2.46. The maximum Gasteiger partial charge on any atom is 1.00 e. The van der Waals surface area contributed by atoms with Crippen LogP contribution in [-0.4, -0.2) is 0 Å². The molecule has 0 N–H and O–H groups in total. The van der Waals surface area contributed by atoms with E-state index in [9.17, 15) is 0 Å². The average Bonchev–Trinajstić information content (AvgIpc) is 2.49. The third-order valence-corrected chi connectivity index (χ3v) is 7.27. The summed E-state index contributed by atoms with van der Waals surface area (Å²) in [5.74, 6) is 6.48. The molecule has 3 aliphatic rings. The van der Waals surface area contributed by atoms with E-state index in [1.165, 1.54) is 25.7 Å². The smallest absolute Gasteiger partial charge is 1.00 e. The summed E-state index contributed by atoms with van der Waals surface area (Å²) in [5.41, 5.74) is 0. The molecule has 3 fully saturated rings. The van der Waals surface area contributed by atoms with Crippen LogP contribution in [0.3, 0.4) is 0 Å². The fraction of sp³-hybridized carbons (Fsp3) is 1.00. The largest absolute Gasteiger partial charge is 1.00 e. The molecule has 3 aliphatic carbocycles. The first-order valence-electron chi connectivity index (χ1n) is 9.72. The molecular formula is C20H38FK. The van der Waals surface area contributed by atoms with Gasteiger partial charge in [-0.25, -0.2) is 0 Å². The van der Waals surface area contributed by atoms with Crippen molar-refractivity contribution in [2.75, 3.05) is 0 Å². The first-order valence-corrected chi connectivity index (χ1v) is 9.72. The molecule has 0 aliphatic heterocycles. The van der Waals surface area contributed by atoms with Gasteiger partial charge in [0.15, 0.2) is 0 Å². The third-order valence-electron chi connectivity index (χ3n) is 7.27. The van der Waals surface area contributed by atoms with Crippen molar-refractivity contribution in [2.24, 2.45) is 35.5 Å². The van der Waals surface area contributed by atoms with Crippen LogP contribution in [0, 0.1) is 35.5 Å². The molecule has 126 valence electrons. The van der Waals surface area contributed by atoms with Gasteiger partial charge in [0.05, 0.1) is 0 Å². The summed E-state index contributed by atoms with van der Waals surface area (Å²) in [6.45, 7) is 4.91. The van der Waals surface area contributed by atoms with Crippen molar-refractivity contribution in [3.63, 3.8) is 0 Å². The normalized spacial score (nSPS) is 42.8. The second-order valence-electron chi connectivity index (χ2n) is 8.71. The number of halogens is 1. The Balaban J connectivity index is 0.00000161. The van der Waals surface area contributed by atoms with Gasteiger partial charge in [0.2, 0.25) is 0 Å². The molecule has 0 heterocycles. The molecule has 0 aromatic carbocycles. The van der Waals surface area contributed by atoms with Gasteiger partial charge in [-0.3, -0.25) is 4.70 Å². The van der Waals surface area contributed by atoms with Crippen molar-refractivity contribution in [1.29, 1.82) is 0 Å². The molecule has 0 saturated heterocycles. The monoisotopic (exact) mass is 336 g/mol. The van der Waals surface area contributed by atoms with E-state index < -0.39 is 0 Å². The van der Waals surface area contributed by atoms with Gasteiger partial charge >= 0.3 is 51.4 Å². The first-order chi connectivity index (χ1) is 9.72. The summed E-state index contributed by atoms with van der Waals surface area (Å²) in [6.07, 6.45) is 18.6. The van der Waals surface area contributed by atoms with E-state index in [2.05, 4.69) is 13.8 Å². The van der Waals surface area contributed by atoms with E-state index in [4.69, 9.17) is 0 Å². The van der Waals surface area contributed by atoms with Gasteiger partial charge in [-0.15, -0.1) is 0 Å². The molecule has 0 bridgehead atoms. The van der Waals surface area contributed by atoms with E-state index in [0.717, 1.165) is 35.5 Å². The van der Waals surface area contributed by atoms with Crippen LogP contribution in [-0.2, 0) is 0 Å². The molecule has 0 aromatic rings. The fourth-order valence-electron chi connectivity index (χ4n) is 5.60. The molecule has 0 atom stereocenters. The molecule has 3 rings (SSSR count). The zero-order chi connectivity index (χ0) is 13.9. The summed E-state index contributed by atoms with van der Waals surface area (Å²) in [6, 6.07) is 0. The SMILES string of the molecule is CC1CCC(C2CCC(C3CCC(C)CC3)CC2)CC1.F.[H-].[K+]. The quantitative estimate of drug-likeness (QED) is 0.674. The van der Waals surface area contributed by atoms with Crippen molar-refractivity contribution in [1.82, 2.24) is 0 Å². The van der Waals surface area contributed by atoms with Gasteiger partial charge in [-0.1, -0.05) is 39.5 Å². The molecule has 0 aromatic heterocycles. The standard InChI is InChI=1S/C20H36.FH.K.H/c1-15-3-7-17(8-4-15)19-11-13-20(14-12-19)18-9-5-16(2)6-10-18;;;/h15-20H,3-14H2,1-2H3;1H;;/q;;+1;-1. The molecule has 0 spiro atoms. The van der Waals surface area contributed by atoms with E-state index in [1.54, 1.807) is 51.4 Å². The van der Waals surface area contributed by atoms with Crippen LogP contribution < -0.4 is 51.4 Å². The predicted molar refractivity (Wildman–Crippen MR) is 91.3 cm³/mol. The molecular weight excluding hydrogens is 298 g/mol. The summed E-state index contributed by atoms with van der Waals surface area (Å²) >= 11 is 0. The Morgan fingerprint density at radius 1 is 0.455 bits per heavy atom. The van der Waals surface area contributed by atoms with Crippen LogP contribution in [0.2, 0.25) is 0 Å². The molecule has 0 amide bonds. The molecule has 0 unspecified atom stereocenters. The van der Waals surface area contributed by atoms with Gasteiger partial charge in [0, 0.05) is 0 Å². The summed E-state index contributed by atoms with van der Waals surface area (Å²) < 4.78 is 0. The molecule has 0 nitrogen and oxygen atoms in total. The minimum Gasteiger partial charge on any atom is -1.00 e. The van der Waals surface area contributed by atoms with Gasteiger partial charge < -0.3 is 1.43 Å². The Morgan fingerprint density at radius 3 is 0.864 bits per heavy atom. The number of rotatable bonds is 2. The van der Waals surface area contributed by atoms with Gasteiger partial charge in [0.25, 0.3) is 0 Å². The topological polar surface area (TPSA) is 0 Å². The van der Waals surface area contributed by atoms with Crippen molar-refractivity contribution >= 4 is 0 Å². The van der Waals surface area contributed by atoms with Crippen LogP contribution >= 0.6 is 0 Å². The van der Waals surface area contributed by atoms with Crippen LogP contribution in [0.4, 0.5) is 4.70 Å². The number of hydrogen-bond acceptors (Lipinski definition) is 0. The van der Waals surface area contributed by atoms with Crippen LogP contribution in [0.25, 0.3) is 0 Å². The summed E-state index contributed by atoms with van der Waals surface area (Å²) in [5, 5.41) is 0. The van der Waals surface area contributed by atoms with E-state index >= 15 is 0 Å². The first kappa shape index (κ1) is 21.6. The van der Waals surface area contributed by atoms with Crippen molar-refractivity contribution in [3.05, 3.63) is 0 Å². The third kappa shape index (κ3) is 5.83. The molecule has 0 radical (unpaired) electrons. The Kier molecular flexibility index (Phi) is 10.3. The zero-order valence-electron chi connectivity index (χ0n) is 16.4. The van der Waals surface area contributed by atoms with Gasteiger partial charge in [0.1, 0.15) is 0 Å². The van der Waals surface area contributed by atoms with E-state index in [-0.39, 0.29) is 57.5 Å².